The molecule has 82 valence electrons. The lowest BCUT2D eigenvalue weighted by atomic mass is 10.2. The van der Waals surface area contributed by atoms with Crippen LogP contribution in [0.25, 0.3) is 0 Å². The molecular formula is C11H11N3OS. The van der Waals surface area contributed by atoms with E-state index in [1.807, 2.05) is 6.07 Å². The third kappa shape index (κ3) is 2.28. The SMILES string of the molecule is COc1cc(C#N)ccc1NC1=NCCS1. The van der Waals surface area contributed by atoms with Gasteiger partial charge >= 0.3 is 0 Å². The number of anilines is 1. The first-order valence-electron chi connectivity index (χ1n) is 4.86. The van der Waals surface area contributed by atoms with Gasteiger partial charge in [0.1, 0.15) is 5.75 Å². The molecule has 4 nitrogen and oxygen atoms in total. The zero-order valence-corrected chi connectivity index (χ0v) is 9.67. The lowest BCUT2D eigenvalue weighted by molar-refractivity contribution is 0.417. The Kier molecular flexibility index (Phi) is 3.32. The molecule has 16 heavy (non-hydrogen) atoms. The van der Waals surface area contributed by atoms with Crippen LogP contribution in [0.4, 0.5) is 5.69 Å². The molecule has 0 spiro atoms. The van der Waals surface area contributed by atoms with Crippen LogP contribution in [0.1, 0.15) is 5.56 Å². The van der Waals surface area contributed by atoms with Crippen molar-refractivity contribution in [2.45, 2.75) is 0 Å². The van der Waals surface area contributed by atoms with Crippen molar-refractivity contribution in [1.82, 2.24) is 0 Å². The Balaban J connectivity index is 2.23. The monoisotopic (exact) mass is 233 g/mol. The maximum atomic E-state index is 8.78. The summed E-state index contributed by atoms with van der Waals surface area (Å²) in [5, 5.41) is 12.9. The fraction of sp³-hybridized carbons (Fsp3) is 0.273. The van der Waals surface area contributed by atoms with Crippen molar-refractivity contribution >= 4 is 22.6 Å². The van der Waals surface area contributed by atoms with Crippen molar-refractivity contribution in [2.75, 3.05) is 24.7 Å². The molecule has 0 atom stereocenters. The van der Waals surface area contributed by atoms with Crippen molar-refractivity contribution in [1.29, 1.82) is 5.26 Å². The summed E-state index contributed by atoms with van der Waals surface area (Å²) < 4.78 is 5.22. The maximum Gasteiger partial charge on any atom is 0.161 e. The standard InChI is InChI=1S/C11H11N3OS/c1-15-10-6-8(7-12)2-3-9(10)14-11-13-4-5-16-11/h2-3,6H,4-5H2,1H3,(H,13,14). The van der Waals surface area contributed by atoms with Crippen molar-refractivity contribution in [2.24, 2.45) is 4.99 Å². The predicted molar refractivity (Wildman–Crippen MR) is 66.1 cm³/mol. The minimum Gasteiger partial charge on any atom is -0.495 e. The number of methoxy groups -OCH3 is 1. The Bertz CT molecular complexity index is 465. The molecule has 0 fully saturated rings. The topological polar surface area (TPSA) is 57.4 Å². The van der Waals surface area contributed by atoms with Crippen molar-refractivity contribution in [3.63, 3.8) is 0 Å². The predicted octanol–water partition coefficient (Wildman–Crippen LogP) is 2.08. The fourth-order valence-electron chi connectivity index (χ4n) is 1.39. The first kappa shape index (κ1) is 10.8. The molecule has 2 rings (SSSR count). The number of ether oxygens (including phenoxy) is 1. The molecule has 0 saturated heterocycles. The van der Waals surface area contributed by atoms with Gasteiger partial charge in [0.25, 0.3) is 0 Å². The molecule has 0 bridgehead atoms. The second-order valence-corrected chi connectivity index (χ2v) is 4.27. The summed E-state index contributed by atoms with van der Waals surface area (Å²) >= 11 is 1.68. The van der Waals surface area contributed by atoms with Gasteiger partial charge in [-0.1, -0.05) is 11.8 Å². The number of benzene rings is 1. The smallest absolute Gasteiger partial charge is 0.161 e. The van der Waals surface area contributed by atoms with E-state index in [1.54, 1.807) is 31.0 Å². The first-order chi connectivity index (χ1) is 7.83. The molecule has 1 N–H and O–H groups in total. The molecule has 1 aliphatic heterocycles. The summed E-state index contributed by atoms with van der Waals surface area (Å²) in [4.78, 5) is 4.30. The van der Waals surface area contributed by atoms with Crippen molar-refractivity contribution < 1.29 is 4.74 Å². The van der Waals surface area contributed by atoms with Crippen LogP contribution in [0.15, 0.2) is 23.2 Å². The Hall–Kier alpha value is -1.67. The molecule has 1 aliphatic rings. The van der Waals surface area contributed by atoms with E-state index in [0.717, 1.165) is 23.2 Å². The molecule has 5 heteroatoms. The third-order valence-electron chi connectivity index (χ3n) is 2.16. The number of nitrogens with zero attached hydrogens (tertiary/aromatic N) is 2. The summed E-state index contributed by atoms with van der Waals surface area (Å²) in [5.74, 6) is 1.68. The minimum atomic E-state index is 0.586. The second-order valence-electron chi connectivity index (χ2n) is 3.19. The van der Waals surface area contributed by atoms with Crippen LogP contribution in [-0.2, 0) is 0 Å². The molecule has 0 aliphatic carbocycles. The highest BCUT2D eigenvalue weighted by molar-refractivity contribution is 8.14. The second kappa shape index (κ2) is 4.90. The van der Waals surface area contributed by atoms with Crippen LogP contribution < -0.4 is 10.1 Å². The first-order valence-corrected chi connectivity index (χ1v) is 5.84. The average Bonchev–Trinajstić information content (AvgIpc) is 2.82. The largest absolute Gasteiger partial charge is 0.495 e. The summed E-state index contributed by atoms with van der Waals surface area (Å²) in [6, 6.07) is 7.38. The number of hydrogen-bond donors (Lipinski definition) is 1. The Morgan fingerprint density at radius 2 is 2.44 bits per heavy atom. The highest BCUT2D eigenvalue weighted by atomic mass is 32.2. The van der Waals surface area contributed by atoms with Crippen LogP contribution in [0, 0.1) is 11.3 Å². The number of amidine groups is 1. The van der Waals surface area contributed by atoms with Crippen molar-refractivity contribution in [3.8, 4) is 11.8 Å². The molecule has 1 aromatic rings. The summed E-state index contributed by atoms with van der Waals surface area (Å²) in [6.45, 7) is 0.853. The lowest BCUT2D eigenvalue weighted by Gasteiger charge is -2.10. The number of nitrogens with one attached hydrogen (secondary N) is 1. The van der Waals surface area contributed by atoms with Gasteiger partial charge in [-0.2, -0.15) is 5.26 Å². The molecule has 0 radical (unpaired) electrons. The van der Waals surface area contributed by atoms with Crippen LogP contribution in [0.5, 0.6) is 5.75 Å². The van der Waals surface area contributed by atoms with Gasteiger partial charge in [-0.05, 0) is 12.1 Å². The summed E-state index contributed by atoms with van der Waals surface area (Å²) in [5.41, 5.74) is 1.43. The zero-order valence-electron chi connectivity index (χ0n) is 8.86. The van der Waals surface area contributed by atoms with Crippen LogP contribution in [0.3, 0.4) is 0 Å². The van der Waals surface area contributed by atoms with Gasteiger partial charge in [-0.15, -0.1) is 0 Å². The quantitative estimate of drug-likeness (QED) is 0.849. The van der Waals surface area contributed by atoms with Crippen LogP contribution in [0.2, 0.25) is 0 Å². The van der Waals surface area contributed by atoms with Gasteiger partial charge in [0.15, 0.2) is 5.17 Å². The molecule has 1 aromatic carbocycles. The molecule has 0 unspecified atom stereocenters. The minimum absolute atomic E-state index is 0.586. The number of hydrogen-bond acceptors (Lipinski definition) is 5. The zero-order chi connectivity index (χ0) is 11.4. The summed E-state index contributed by atoms with van der Waals surface area (Å²) in [7, 11) is 1.59. The van der Waals surface area contributed by atoms with Crippen molar-refractivity contribution in [3.05, 3.63) is 23.8 Å². The van der Waals surface area contributed by atoms with E-state index in [1.165, 1.54) is 0 Å². The van der Waals surface area contributed by atoms with E-state index in [4.69, 9.17) is 10.00 Å². The van der Waals surface area contributed by atoms with Gasteiger partial charge in [0, 0.05) is 11.8 Å². The van der Waals surface area contributed by atoms with E-state index >= 15 is 0 Å². The maximum absolute atomic E-state index is 8.78. The normalized spacial score (nSPS) is 14.1. The molecule has 0 amide bonds. The molecule has 0 saturated carbocycles. The number of aliphatic imine (C=N–C) groups is 1. The Morgan fingerprint density at radius 3 is 3.06 bits per heavy atom. The van der Waals surface area contributed by atoms with E-state index < -0.39 is 0 Å². The van der Waals surface area contributed by atoms with Gasteiger partial charge in [-0.25, -0.2) is 0 Å². The summed E-state index contributed by atoms with van der Waals surface area (Å²) in [6.07, 6.45) is 0. The fourth-order valence-corrected chi connectivity index (χ4v) is 2.13. The van der Waals surface area contributed by atoms with Gasteiger partial charge in [0.2, 0.25) is 0 Å². The highest BCUT2D eigenvalue weighted by Gasteiger charge is 2.10. The molecular weight excluding hydrogens is 222 g/mol. The number of thioether (sulfide) groups is 1. The highest BCUT2D eigenvalue weighted by Crippen LogP contribution is 2.27. The van der Waals surface area contributed by atoms with Gasteiger partial charge < -0.3 is 10.1 Å². The average molecular weight is 233 g/mol. The Labute approximate surface area is 98.3 Å². The molecule has 1 heterocycles. The van der Waals surface area contributed by atoms with E-state index in [-0.39, 0.29) is 0 Å². The number of nitriles is 1. The van der Waals surface area contributed by atoms with E-state index in [2.05, 4.69) is 16.4 Å². The van der Waals surface area contributed by atoms with Gasteiger partial charge in [0.05, 0.1) is 31.0 Å². The van der Waals surface area contributed by atoms with Gasteiger partial charge in [-0.3, -0.25) is 4.99 Å². The lowest BCUT2D eigenvalue weighted by Crippen LogP contribution is -2.06. The number of rotatable bonds is 2. The van der Waals surface area contributed by atoms with Crippen LogP contribution >= 0.6 is 11.8 Å². The van der Waals surface area contributed by atoms with Crippen LogP contribution in [-0.4, -0.2) is 24.6 Å². The third-order valence-corrected chi connectivity index (χ3v) is 3.05. The molecule has 0 aromatic heterocycles. The van der Waals surface area contributed by atoms with E-state index in [9.17, 15) is 0 Å². The Morgan fingerprint density at radius 1 is 1.56 bits per heavy atom. The van der Waals surface area contributed by atoms with E-state index in [0.29, 0.717) is 11.3 Å².